The van der Waals surface area contributed by atoms with Gasteiger partial charge in [0.05, 0.1) is 12.1 Å². The van der Waals surface area contributed by atoms with E-state index in [-0.39, 0.29) is 12.1 Å². The molecule has 1 fully saturated rings. The molecule has 1 aliphatic carbocycles. The normalized spacial score (nSPS) is 35.4. The first-order chi connectivity index (χ1) is 5.29. The molecule has 2 unspecified atom stereocenters. The summed E-state index contributed by atoms with van der Waals surface area (Å²) >= 11 is 0. The fourth-order valence-electron chi connectivity index (χ4n) is 1.79. The van der Waals surface area contributed by atoms with Crippen LogP contribution < -0.4 is 5.32 Å². The van der Waals surface area contributed by atoms with Gasteiger partial charge in [-0.15, -0.1) is 0 Å². The second-order valence-electron chi connectivity index (χ2n) is 3.16. The van der Waals surface area contributed by atoms with E-state index in [0.29, 0.717) is 6.04 Å². The van der Waals surface area contributed by atoms with Gasteiger partial charge in [0.1, 0.15) is 0 Å². The predicted molar refractivity (Wildman–Crippen MR) is 42.2 cm³/mol. The number of hydrogen-bond donors (Lipinski definition) is 1. The third-order valence-electron chi connectivity index (χ3n) is 2.50. The zero-order chi connectivity index (χ0) is 7.84. The molecule has 0 aromatic heterocycles. The summed E-state index contributed by atoms with van der Waals surface area (Å²) < 4.78 is 0. The van der Waals surface area contributed by atoms with Gasteiger partial charge in [0.2, 0.25) is 0 Å². The molecule has 1 saturated heterocycles. The van der Waals surface area contributed by atoms with Crippen LogP contribution in [0.1, 0.15) is 12.8 Å². The molecule has 0 aromatic carbocycles. The van der Waals surface area contributed by atoms with Crippen molar-refractivity contribution in [2.75, 3.05) is 7.05 Å². The maximum atomic E-state index is 11.1. The molecule has 1 heterocycles. The Labute approximate surface area is 66.1 Å². The average Bonchev–Trinajstić information content (AvgIpc) is 2.30. The summed E-state index contributed by atoms with van der Waals surface area (Å²) in [4.78, 5) is 12.9. The van der Waals surface area contributed by atoms with Crippen molar-refractivity contribution in [2.24, 2.45) is 0 Å². The molecule has 0 saturated carbocycles. The van der Waals surface area contributed by atoms with Crippen LogP contribution >= 0.6 is 0 Å². The Balaban J connectivity index is 2.21. The smallest absolute Gasteiger partial charge is 0.318 e. The lowest BCUT2D eigenvalue weighted by Crippen LogP contribution is -2.34. The lowest BCUT2D eigenvalue weighted by atomic mass is 9.98. The summed E-state index contributed by atoms with van der Waals surface area (Å²) in [5.74, 6) is 0. The molecular formula is C8H12N2O. The Morgan fingerprint density at radius 2 is 2.55 bits per heavy atom. The monoisotopic (exact) mass is 152 g/mol. The molecule has 11 heavy (non-hydrogen) atoms. The minimum atomic E-state index is 0.0616. The van der Waals surface area contributed by atoms with Crippen LogP contribution in [-0.4, -0.2) is 30.1 Å². The summed E-state index contributed by atoms with van der Waals surface area (Å²) in [7, 11) is 1.86. The first-order valence-corrected chi connectivity index (χ1v) is 3.99. The van der Waals surface area contributed by atoms with E-state index >= 15 is 0 Å². The largest absolute Gasteiger partial charge is 0.330 e. The van der Waals surface area contributed by atoms with Crippen LogP contribution in [-0.2, 0) is 0 Å². The second kappa shape index (κ2) is 2.26. The van der Waals surface area contributed by atoms with Crippen molar-refractivity contribution in [3.8, 4) is 0 Å². The van der Waals surface area contributed by atoms with Crippen molar-refractivity contribution in [3.63, 3.8) is 0 Å². The number of nitrogens with zero attached hydrogens (tertiary/aromatic N) is 1. The molecule has 3 heteroatoms. The Bertz CT molecular complexity index is 212. The zero-order valence-corrected chi connectivity index (χ0v) is 6.58. The highest BCUT2D eigenvalue weighted by Gasteiger charge is 2.35. The summed E-state index contributed by atoms with van der Waals surface area (Å²) in [6, 6.07) is 0.722. The Hall–Kier alpha value is -0.990. The van der Waals surface area contributed by atoms with Crippen molar-refractivity contribution in [2.45, 2.75) is 24.9 Å². The van der Waals surface area contributed by atoms with Crippen LogP contribution in [0.5, 0.6) is 0 Å². The number of urea groups is 1. The van der Waals surface area contributed by atoms with E-state index in [1.54, 1.807) is 4.90 Å². The first kappa shape index (κ1) is 6.70. The highest BCUT2D eigenvalue weighted by molar-refractivity contribution is 5.77. The Morgan fingerprint density at radius 3 is 3.27 bits per heavy atom. The molecule has 1 aliphatic heterocycles. The van der Waals surface area contributed by atoms with Gasteiger partial charge in [0.25, 0.3) is 0 Å². The quantitative estimate of drug-likeness (QED) is 0.510. The number of allylic oxidation sites excluding steroid dienone is 1. The highest BCUT2D eigenvalue weighted by Crippen LogP contribution is 2.21. The van der Waals surface area contributed by atoms with Crippen LogP contribution in [0.2, 0.25) is 0 Å². The van der Waals surface area contributed by atoms with Gasteiger partial charge >= 0.3 is 6.03 Å². The molecule has 2 aliphatic rings. The number of rotatable bonds is 0. The van der Waals surface area contributed by atoms with E-state index in [4.69, 9.17) is 0 Å². The highest BCUT2D eigenvalue weighted by atomic mass is 16.2. The van der Waals surface area contributed by atoms with E-state index in [9.17, 15) is 4.79 Å². The SMILES string of the molecule is CN1C(=O)NC2C=CCCC21. The fraction of sp³-hybridized carbons (Fsp3) is 0.625. The van der Waals surface area contributed by atoms with Gasteiger partial charge in [-0.05, 0) is 12.8 Å². The maximum absolute atomic E-state index is 11.1. The second-order valence-corrected chi connectivity index (χ2v) is 3.16. The van der Waals surface area contributed by atoms with E-state index in [2.05, 4.69) is 17.5 Å². The lowest BCUT2D eigenvalue weighted by molar-refractivity contribution is 0.214. The zero-order valence-electron chi connectivity index (χ0n) is 6.58. The summed E-state index contributed by atoms with van der Waals surface area (Å²) in [5.41, 5.74) is 0. The molecule has 1 N–H and O–H groups in total. The predicted octanol–water partition coefficient (Wildman–Crippen LogP) is 0.729. The lowest BCUT2D eigenvalue weighted by Gasteiger charge is -2.23. The number of amides is 2. The van der Waals surface area contributed by atoms with Gasteiger partial charge in [-0.25, -0.2) is 4.79 Å². The number of likely N-dealkylation sites (N-methyl/N-ethyl adjacent to an activating group) is 1. The number of carbonyl (C=O) groups is 1. The Kier molecular flexibility index (Phi) is 1.37. The van der Waals surface area contributed by atoms with Crippen LogP contribution in [0, 0.1) is 0 Å². The molecule has 2 atom stereocenters. The van der Waals surface area contributed by atoms with Gasteiger partial charge in [-0.1, -0.05) is 12.2 Å². The van der Waals surface area contributed by atoms with Crippen molar-refractivity contribution in [1.82, 2.24) is 10.2 Å². The molecule has 0 bridgehead atoms. The molecule has 60 valence electrons. The van der Waals surface area contributed by atoms with Crippen molar-refractivity contribution < 1.29 is 4.79 Å². The Morgan fingerprint density at radius 1 is 1.73 bits per heavy atom. The third-order valence-corrected chi connectivity index (χ3v) is 2.50. The summed E-state index contributed by atoms with van der Waals surface area (Å²) in [6.45, 7) is 0. The maximum Gasteiger partial charge on any atom is 0.318 e. The standard InChI is InChI=1S/C8H12N2O/c1-10-7-5-3-2-4-6(7)9-8(10)11/h2,4,6-7H,3,5H2,1H3,(H,9,11). The van der Waals surface area contributed by atoms with Gasteiger partial charge in [0, 0.05) is 7.05 Å². The van der Waals surface area contributed by atoms with Crippen LogP contribution in [0.15, 0.2) is 12.2 Å². The topological polar surface area (TPSA) is 32.3 Å². The third kappa shape index (κ3) is 0.914. The number of carbonyl (C=O) groups excluding carboxylic acids is 1. The molecule has 0 spiro atoms. The number of fused-ring (bicyclic) bond motifs is 1. The van der Waals surface area contributed by atoms with Crippen LogP contribution in [0.25, 0.3) is 0 Å². The minimum absolute atomic E-state index is 0.0616. The van der Waals surface area contributed by atoms with E-state index in [1.807, 2.05) is 7.05 Å². The van der Waals surface area contributed by atoms with Gasteiger partial charge < -0.3 is 10.2 Å². The average molecular weight is 152 g/mol. The fourth-order valence-corrected chi connectivity index (χ4v) is 1.79. The van der Waals surface area contributed by atoms with Crippen molar-refractivity contribution in [3.05, 3.63) is 12.2 Å². The van der Waals surface area contributed by atoms with Crippen molar-refractivity contribution in [1.29, 1.82) is 0 Å². The van der Waals surface area contributed by atoms with Crippen LogP contribution in [0.4, 0.5) is 4.79 Å². The molecule has 3 nitrogen and oxygen atoms in total. The van der Waals surface area contributed by atoms with E-state index < -0.39 is 0 Å². The van der Waals surface area contributed by atoms with Crippen molar-refractivity contribution >= 4 is 6.03 Å². The van der Waals surface area contributed by atoms with Crippen LogP contribution in [0.3, 0.4) is 0 Å². The summed E-state index contributed by atoms with van der Waals surface area (Å²) in [6.07, 6.45) is 6.42. The molecule has 0 aromatic rings. The number of nitrogens with one attached hydrogen (secondary N) is 1. The first-order valence-electron chi connectivity index (χ1n) is 3.99. The molecular weight excluding hydrogens is 140 g/mol. The van der Waals surface area contributed by atoms with E-state index in [0.717, 1.165) is 12.8 Å². The van der Waals surface area contributed by atoms with E-state index in [1.165, 1.54) is 0 Å². The number of hydrogen-bond acceptors (Lipinski definition) is 1. The van der Waals surface area contributed by atoms with Gasteiger partial charge in [0.15, 0.2) is 0 Å². The van der Waals surface area contributed by atoms with Gasteiger partial charge in [-0.3, -0.25) is 0 Å². The summed E-state index contributed by atoms with van der Waals surface area (Å²) in [5, 5.41) is 2.91. The van der Waals surface area contributed by atoms with Gasteiger partial charge in [-0.2, -0.15) is 0 Å². The molecule has 2 amide bonds. The molecule has 0 radical (unpaired) electrons. The molecule has 2 rings (SSSR count). The minimum Gasteiger partial charge on any atom is -0.330 e.